The van der Waals surface area contributed by atoms with Crippen molar-refractivity contribution in [1.29, 1.82) is 0 Å². The maximum atomic E-state index is 12.7. The van der Waals surface area contributed by atoms with E-state index in [0.29, 0.717) is 18.0 Å². The summed E-state index contributed by atoms with van der Waals surface area (Å²) in [5.41, 5.74) is 3.98. The summed E-state index contributed by atoms with van der Waals surface area (Å²) in [6.07, 6.45) is -1.67. The van der Waals surface area contributed by atoms with E-state index in [-0.39, 0.29) is 11.8 Å². The molecule has 1 saturated heterocycles. The number of benzene rings is 1. The molecular formula is C23H26F3N5O4. The average Bonchev–Trinajstić information content (AvgIpc) is 2.84. The highest BCUT2D eigenvalue weighted by Crippen LogP contribution is 2.27. The summed E-state index contributed by atoms with van der Waals surface area (Å²) in [4.78, 5) is 34.8. The number of piperidine rings is 1. The minimum atomic E-state index is -5.08. The van der Waals surface area contributed by atoms with Gasteiger partial charge in [-0.3, -0.25) is 9.59 Å². The molecule has 0 bridgehead atoms. The first-order valence-electron chi connectivity index (χ1n) is 11.1. The van der Waals surface area contributed by atoms with Crippen LogP contribution in [0.4, 0.5) is 18.9 Å². The van der Waals surface area contributed by atoms with Crippen molar-refractivity contribution in [1.82, 2.24) is 20.4 Å². The largest absolute Gasteiger partial charge is 0.490 e. The molecule has 188 valence electrons. The van der Waals surface area contributed by atoms with Crippen LogP contribution in [-0.4, -0.2) is 70.8 Å². The molecule has 2 aliphatic heterocycles. The van der Waals surface area contributed by atoms with Crippen LogP contribution in [0.1, 0.15) is 35.3 Å². The smallest absolute Gasteiger partial charge is 0.475 e. The number of carbonyl (C=O) groups excluding carboxylic acids is 2. The maximum Gasteiger partial charge on any atom is 0.490 e. The summed E-state index contributed by atoms with van der Waals surface area (Å²) in [5, 5.41) is 21.8. The van der Waals surface area contributed by atoms with Crippen LogP contribution in [0.5, 0.6) is 0 Å². The summed E-state index contributed by atoms with van der Waals surface area (Å²) in [5.74, 6) is -2.26. The number of nitrogens with zero attached hydrogens (tertiary/aromatic N) is 3. The van der Waals surface area contributed by atoms with E-state index >= 15 is 0 Å². The fraction of sp³-hybridized carbons (Fsp3) is 0.435. The third-order valence-electron chi connectivity index (χ3n) is 5.76. The van der Waals surface area contributed by atoms with Gasteiger partial charge in [0.25, 0.3) is 5.91 Å². The topological polar surface area (TPSA) is 125 Å². The Balaban J connectivity index is 0.000000429. The number of aromatic nitrogens is 2. The standard InChI is InChI=1S/C21H25N5O2.C2HF3O2/c1-26(13-14-8-10-22-11-9-14)21(28)19-6-5-18(24-25-19)16-2-4-17-15(12-16)3-7-20(27)23-17;3-2(4,5)1(6)7/h2,4-6,12,14,22H,3,7-11,13H2,1H3,(H,23,27);(H,6,7). The number of rotatable bonds is 4. The van der Waals surface area contributed by atoms with E-state index < -0.39 is 12.1 Å². The highest BCUT2D eigenvalue weighted by atomic mass is 19.4. The lowest BCUT2D eigenvalue weighted by atomic mass is 9.97. The van der Waals surface area contributed by atoms with E-state index in [2.05, 4.69) is 20.8 Å². The van der Waals surface area contributed by atoms with Gasteiger partial charge in [-0.05, 0) is 68.1 Å². The Morgan fingerprint density at radius 2 is 1.80 bits per heavy atom. The van der Waals surface area contributed by atoms with E-state index in [1.807, 2.05) is 31.3 Å². The highest BCUT2D eigenvalue weighted by Gasteiger charge is 2.38. The maximum absolute atomic E-state index is 12.7. The van der Waals surface area contributed by atoms with Gasteiger partial charge in [0.15, 0.2) is 5.69 Å². The summed E-state index contributed by atoms with van der Waals surface area (Å²) in [6, 6.07) is 9.42. The number of carbonyl (C=O) groups is 3. The minimum absolute atomic E-state index is 0.0523. The normalized spacial score (nSPS) is 15.8. The summed E-state index contributed by atoms with van der Waals surface area (Å²) in [7, 11) is 1.83. The number of alkyl halides is 3. The van der Waals surface area contributed by atoms with Crippen molar-refractivity contribution in [2.24, 2.45) is 5.92 Å². The number of hydrogen-bond acceptors (Lipinski definition) is 6. The fourth-order valence-corrected chi connectivity index (χ4v) is 3.87. The van der Waals surface area contributed by atoms with Crippen LogP contribution in [0.2, 0.25) is 0 Å². The molecule has 1 aromatic heterocycles. The van der Waals surface area contributed by atoms with Crippen molar-refractivity contribution >= 4 is 23.5 Å². The van der Waals surface area contributed by atoms with Gasteiger partial charge in [0.2, 0.25) is 5.91 Å². The van der Waals surface area contributed by atoms with E-state index in [0.717, 1.165) is 61.4 Å². The van der Waals surface area contributed by atoms with Gasteiger partial charge >= 0.3 is 12.1 Å². The molecule has 1 fully saturated rings. The Morgan fingerprint density at radius 1 is 1.11 bits per heavy atom. The number of anilines is 1. The molecule has 2 aromatic rings. The number of amides is 2. The zero-order valence-electron chi connectivity index (χ0n) is 19.1. The van der Waals surface area contributed by atoms with Crippen molar-refractivity contribution in [3.8, 4) is 11.3 Å². The molecule has 0 spiro atoms. The Morgan fingerprint density at radius 3 is 2.40 bits per heavy atom. The van der Waals surface area contributed by atoms with Gasteiger partial charge in [-0.15, -0.1) is 10.2 Å². The third-order valence-corrected chi connectivity index (χ3v) is 5.76. The quantitative estimate of drug-likeness (QED) is 0.598. The van der Waals surface area contributed by atoms with Gasteiger partial charge in [-0.1, -0.05) is 6.07 Å². The molecule has 35 heavy (non-hydrogen) atoms. The van der Waals surface area contributed by atoms with Crippen molar-refractivity contribution < 1.29 is 32.7 Å². The molecule has 3 N–H and O–H groups in total. The molecule has 0 aliphatic carbocycles. The van der Waals surface area contributed by atoms with Gasteiger partial charge in [-0.25, -0.2) is 4.79 Å². The first-order chi connectivity index (χ1) is 16.5. The summed E-state index contributed by atoms with van der Waals surface area (Å²) in [6.45, 7) is 2.79. The minimum Gasteiger partial charge on any atom is -0.475 e. The average molecular weight is 493 g/mol. The Labute approximate surface area is 199 Å². The number of fused-ring (bicyclic) bond motifs is 1. The molecule has 0 radical (unpaired) electrons. The van der Waals surface area contributed by atoms with Crippen LogP contribution in [-0.2, 0) is 16.0 Å². The second-order valence-corrected chi connectivity index (χ2v) is 8.41. The van der Waals surface area contributed by atoms with Crippen molar-refractivity contribution in [3.05, 3.63) is 41.6 Å². The lowest BCUT2D eigenvalue weighted by Crippen LogP contribution is -2.37. The SMILES string of the molecule is CN(CC1CCNCC1)C(=O)c1ccc(-c2ccc3c(c2)CCC(=O)N3)nn1.O=C(O)C(F)(F)F. The Hall–Kier alpha value is -3.54. The first-order valence-corrected chi connectivity index (χ1v) is 11.1. The molecule has 0 unspecified atom stereocenters. The molecule has 4 rings (SSSR count). The van der Waals surface area contributed by atoms with E-state index in [1.165, 1.54) is 0 Å². The Kier molecular flexibility index (Phi) is 8.39. The molecule has 9 nitrogen and oxygen atoms in total. The molecule has 3 heterocycles. The van der Waals surface area contributed by atoms with Crippen LogP contribution in [0.15, 0.2) is 30.3 Å². The number of carboxylic acids is 1. The monoisotopic (exact) mass is 493 g/mol. The number of nitrogens with one attached hydrogen (secondary N) is 2. The van der Waals surface area contributed by atoms with Gasteiger partial charge < -0.3 is 20.6 Å². The van der Waals surface area contributed by atoms with E-state index in [1.54, 1.807) is 11.0 Å². The number of aryl methyl sites for hydroxylation is 1. The summed E-state index contributed by atoms with van der Waals surface area (Å²) >= 11 is 0. The first kappa shape index (κ1) is 26.1. The van der Waals surface area contributed by atoms with Crippen LogP contribution in [0, 0.1) is 5.92 Å². The Bertz CT molecular complexity index is 1070. The number of aliphatic carboxylic acids is 1. The predicted molar refractivity (Wildman–Crippen MR) is 121 cm³/mol. The van der Waals surface area contributed by atoms with Crippen LogP contribution in [0.25, 0.3) is 11.3 Å². The lowest BCUT2D eigenvalue weighted by molar-refractivity contribution is -0.192. The number of carboxylic acid groups (broad SMARTS) is 1. The second kappa shape index (κ2) is 11.3. The molecule has 2 aliphatic rings. The fourth-order valence-electron chi connectivity index (χ4n) is 3.87. The highest BCUT2D eigenvalue weighted by molar-refractivity contribution is 5.94. The van der Waals surface area contributed by atoms with Crippen molar-refractivity contribution in [2.45, 2.75) is 31.9 Å². The zero-order valence-corrected chi connectivity index (χ0v) is 19.1. The summed E-state index contributed by atoms with van der Waals surface area (Å²) < 4.78 is 31.7. The second-order valence-electron chi connectivity index (χ2n) is 8.41. The van der Waals surface area contributed by atoms with Crippen molar-refractivity contribution in [2.75, 3.05) is 32.0 Å². The molecule has 0 atom stereocenters. The van der Waals surface area contributed by atoms with Gasteiger partial charge in [-0.2, -0.15) is 13.2 Å². The van der Waals surface area contributed by atoms with E-state index in [4.69, 9.17) is 9.90 Å². The van der Waals surface area contributed by atoms with Crippen LogP contribution >= 0.6 is 0 Å². The third kappa shape index (κ3) is 7.22. The molecule has 0 saturated carbocycles. The number of halogens is 3. The van der Waals surface area contributed by atoms with E-state index in [9.17, 15) is 22.8 Å². The van der Waals surface area contributed by atoms with Gasteiger partial charge in [0, 0.05) is 31.3 Å². The molecular weight excluding hydrogens is 467 g/mol. The van der Waals surface area contributed by atoms with Gasteiger partial charge in [0.1, 0.15) is 0 Å². The van der Waals surface area contributed by atoms with Crippen molar-refractivity contribution in [3.63, 3.8) is 0 Å². The van der Waals surface area contributed by atoms with Gasteiger partial charge in [0.05, 0.1) is 5.69 Å². The lowest BCUT2D eigenvalue weighted by Gasteiger charge is -2.27. The molecule has 2 amide bonds. The number of hydrogen-bond donors (Lipinski definition) is 3. The van der Waals surface area contributed by atoms with Crippen LogP contribution in [0.3, 0.4) is 0 Å². The zero-order chi connectivity index (χ0) is 25.6. The molecule has 12 heteroatoms. The van der Waals surface area contributed by atoms with Crippen LogP contribution < -0.4 is 10.6 Å². The molecule has 1 aromatic carbocycles. The predicted octanol–water partition coefficient (Wildman–Crippen LogP) is 2.73.